The number of methoxy groups -OCH3 is 1. The molecule has 0 heterocycles. The van der Waals surface area contributed by atoms with Crippen LogP contribution in [0, 0.1) is 17.5 Å². The minimum atomic E-state index is -0.966. The molecular weight excluding hydrogens is 409 g/mol. The molecule has 0 saturated carbocycles. The van der Waals surface area contributed by atoms with Crippen LogP contribution < -0.4 is 15.4 Å². The molecule has 31 heavy (non-hydrogen) atoms. The van der Waals surface area contributed by atoms with Crippen LogP contribution in [-0.4, -0.2) is 18.9 Å². The van der Waals surface area contributed by atoms with Gasteiger partial charge in [0, 0.05) is 17.7 Å². The van der Waals surface area contributed by atoms with Crippen molar-refractivity contribution in [1.29, 1.82) is 0 Å². The van der Waals surface area contributed by atoms with Crippen molar-refractivity contribution < 1.29 is 27.5 Å². The smallest absolute Gasteiger partial charge is 0.255 e. The van der Waals surface area contributed by atoms with E-state index in [0.717, 1.165) is 18.2 Å². The number of ether oxygens (including phenoxy) is 1. The Kier molecular flexibility index (Phi) is 6.92. The van der Waals surface area contributed by atoms with Gasteiger partial charge in [-0.15, -0.1) is 0 Å². The number of benzene rings is 3. The lowest BCUT2D eigenvalue weighted by atomic mass is 10.1. The number of nitrogens with one attached hydrogen (secondary N) is 2. The zero-order valence-corrected chi connectivity index (χ0v) is 16.5. The summed E-state index contributed by atoms with van der Waals surface area (Å²) >= 11 is 0. The highest BCUT2D eigenvalue weighted by Crippen LogP contribution is 2.28. The van der Waals surface area contributed by atoms with E-state index in [2.05, 4.69) is 10.6 Å². The fraction of sp³-hybridized carbons (Fsp3) is 0.130. The number of carbonyl (C=O) groups is 2. The van der Waals surface area contributed by atoms with Gasteiger partial charge < -0.3 is 15.4 Å². The fourth-order valence-corrected chi connectivity index (χ4v) is 2.88. The first kappa shape index (κ1) is 21.9. The SMILES string of the molecule is COc1ccc(NC(=O)CCc2ccc(F)c(F)c2)cc1NC(=O)c1cccc(F)c1. The molecule has 0 fully saturated rings. The number of aryl methyl sites for hydroxylation is 1. The topological polar surface area (TPSA) is 67.4 Å². The Hall–Kier alpha value is -3.81. The third-order valence-electron chi connectivity index (χ3n) is 4.44. The van der Waals surface area contributed by atoms with Crippen molar-refractivity contribution in [1.82, 2.24) is 0 Å². The van der Waals surface area contributed by atoms with Gasteiger partial charge in [0.25, 0.3) is 5.91 Å². The highest BCUT2D eigenvalue weighted by Gasteiger charge is 2.13. The van der Waals surface area contributed by atoms with E-state index in [0.29, 0.717) is 17.0 Å². The summed E-state index contributed by atoms with van der Waals surface area (Å²) in [7, 11) is 1.42. The van der Waals surface area contributed by atoms with Crippen molar-refractivity contribution in [3.8, 4) is 5.75 Å². The first-order valence-corrected chi connectivity index (χ1v) is 9.34. The lowest BCUT2D eigenvalue weighted by Crippen LogP contribution is -2.15. The molecule has 0 aliphatic carbocycles. The van der Waals surface area contributed by atoms with Gasteiger partial charge in [-0.2, -0.15) is 0 Å². The second-order valence-corrected chi connectivity index (χ2v) is 6.68. The molecule has 2 amide bonds. The predicted molar refractivity (Wildman–Crippen MR) is 111 cm³/mol. The van der Waals surface area contributed by atoms with Crippen LogP contribution in [0.25, 0.3) is 0 Å². The summed E-state index contributed by atoms with van der Waals surface area (Å²) in [6.07, 6.45) is 0.268. The summed E-state index contributed by atoms with van der Waals surface area (Å²) in [6, 6.07) is 13.4. The van der Waals surface area contributed by atoms with Crippen molar-refractivity contribution in [2.75, 3.05) is 17.7 Å². The van der Waals surface area contributed by atoms with E-state index < -0.39 is 23.4 Å². The third-order valence-corrected chi connectivity index (χ3v) is 4.44. The van der Waals surface area contributed by atoms with E-state index in [4.69, 9.17) is 4.74 Å². The fourth-order valence-electron chi connectivity index (χ4n) is 2.88. The van der Waals surface area contributed by atoms with Gasteiger partial charge in [0.15, 0.2) is 11.6 Å². The molecule has 0 aliphatic rings. The minimum absolute atomic E-state index is 0.0437. The highest BCUT2D eigenvalue weighted by molar-refractivity contribution is 6.05. The van der Waals surface area contributed by atoms with Crippen molar-refractivity contribution in [2.45, 2.75) is 12.8 Å². The van der Waals surface area contributed by atoms with Crippen LogP contribution in [0.1, 0.15) is 22.3 Å². The molecular formula is C23H19F3N2O3. The molecule has 3 aromatic carbocycles. The number of anilines is 2. The molecule has 0 atom stereocenters. The molecule has 2 N–H and O–H groups in total. The molecule has 3 rings (SSSR count). The molecule has 0 radical (unpaired) electrons. The van der Waals surface area contributed by atoms with Crippen LogP contribution in [0.2, 0.25) is 0 Å². The summed E-state index contributed by atoms with van der Waals surface area (Å²) in [4.78, 5) is 24.6. The number of hydrogen-bond donors (Lipinski definition) is 2. The average Bonchev–Trinajstić information content (AvgIpc) is 2.75. The molecule has 0 spiro atoms. The van der Waals surface area contributed by atoms with Gasteiger partial charge in [-0.3, -0.25) is 9.59 Å². The molecule has 8 heteroatoms. The lowest BCUT2D eigenvalue weighted by molar-refractivity contribution is -0.116. The maximum absolute atomic E-state index is 13.4. The molecule has 3 aromatic rings. The van der Waals surface area contributed by atoms with E-state index in [1.165, 1.54) is 37.4 Å². The Morgan fingerprint density at radius 3 is 2.42 bits per heavy atom. The Bertz CT molecular complexity index is 1120. The number of halogens is 3. The number of amides is 2. The quantitative estimate of drug-likeness (QED) is 0.560. The Balaban J connectivity index is 1.67. The van der Waals surface area contributed by atoms with E-state index >= 15 is 0 Å². The predicted octanol–water partition coefficient (Wildman–Crippen LogP) is 4.94. The van der Waals surface area contributed by atoms with E-state index in [9.17, 15) is 22.8 Å². The molecule has 0 unspecified atom stereocenters. The lowest BCUT2D eigenvalue weighted by Gasteiger charge is -2.13. The standard InChI is InChI=1S/C23H19F3N2O3/c1-31-21-9-7-17(13-20(21)28-23(30)15-3-2-4-16(24)12-15)27-22(29)10-6-14-5-8-18(25)19(26)11-14/h2-5,7-9,11-13H,6,10H2,1H3,(H,27,29)(H,28,30). The van der Waals surface area contributed by atoms with Crippen molar-refractivity contribution >= 4 is 23.2 Å². The average molecular weight is 428 g/mol. The van der Waals surface area contributed by atoms with Gasteiger partial charge in [-0.05, 0) is 60.5 Å². The second-order valence-electron chi connectivity index (χ2n) is 6.68. The van der Waals surface area contributed by atoms with Crippen molar-refractivity contribution in [3.05, 3.63) is 89.2 Å². The normalized spacial score (nSPS) is 10.5. The van der Waals surface area contributed by atoms with E-state index in [1.807, 2.05) is 0 Å². The van der Waals surface area contributed by atoms with Crippen LogP contribution in [0.3, 0.4) is 0 Å². The van der Waals surface area contributed by atoms with Crippen molar-refractivity contribution in [3.63, 3.8) is 0 Å². The van der Waals surface area contributed by atoms with Gasteiger partial charge >= 0.3 is 0 Å². The van der Waals surface area contributed by atoms with E-state index in [-0.39, 0.29) is 30.0 Å². The molecule has 0 bridgehead atoms. The first-order chi connectivity index (χ1) is 14.9. The van der Waals surface area contributed by atoms with Gasteiger partial charge in [0.1, 0.15) is 11.6 Å². The van der Waals surface area contributed by atoms with Crippen LogP contribution in [-0.2, 0) is 11.2 Å². The van der Waals surface area contributed by atoms with Gasteiger partial charge in [-0.25, -0.2) is 13.2 Å². The largest absolute Gasteiger partial charge is 0.495 e. The number of rotatable bonds is 7. The molecule has 160 valence electrons. The van der Waals surface area contributed by atoms with Gasteiger partial charge in [0.05, 0.1) is 12.8 Å². The van der Waals surface area contributed by atoms with Gasteiger partial charge in [-0.1, -0.05) is 12.1 Å². The summed E-state index contributed by atoms with van der Waals surface area (Å²) in [6.45, 7) is 0. The molecule has 0 aliphatic heterocycles. The zero-order chi connectivity index (χ0) is 22.4. The van der Waals surface area contributed by atoms with Crippen LogP contribution in [0.15, 0.2) is 60.7 Å². The molecule has 0 aromatic heterocycles. The van der Waals surface area contributed by atoms with Gasteiger partial charge in [0.2, 0.25) is 5.91 Å². The second kappa shape index (κ2) is 9.80. The first-order valence-electron chi connectivity index (χ1n) is 9.34. The maximum Gasteiger partial charge on any atom is 0.255 e. The number of hydrogen-bond acceptors (Lipinski definition) is 3. The maximum atomic E-state index is 13.4. The van der Waals surface area contributed by atoms with Crippen LogP contribution in [0.4, 0.5) is 24.5 Å². The summed E-state index contributed by atoms with van der Waals surface area (Å²) in [5.74, 6) is -2.99. The third kappa shape index (κ3) is 5.85. The van der Waals surface area contributed by atoms with Crippen molar-refractivity contribution in [2.24, 2.45) is 0 Å². The zero-order valence-electron chi connectivity index (χ0n) is 16.5. The monoisotopic (exact) mass is 428 g/mol. The number of carbonyl (C=O) groups excluding carboxylic acids is 2. The Morgan fingerprint density at radius 1 is 0.903 bits per heavy atom. The highest BCUT2D eigenvalue weighted by atomic mass is 19.2. The summed E-state index contributed by atoms with van der Waals surface area (Å²) < 4.78 is 44.9. The minimum Gasteiger partial charge on any atom is -0.495 e. The summed E-state index contributed by atoms with van der Waals surface area (Å²) in [5, 5.41) is 5.31. The Labute approximate surface area is 176 Å². The van der Waals surface area contributed by atoms with E-state index in [1.54, 1.807) is 12.1 Å². The van der Waals surface area contributed by atoms with Crippen LogP contribution >= 0.6 is 0 Å². The Morgan fingerprint density at radius 2 is 1.71 bits per heavy atom. The molecule has 0 saturated heterocycles. The summed E-state index contributed by atoms with van der Waals surface area (Å²) in [5.41, 5.74) is 1.30. The van der Waals surface area contributed by atoms with Crippen LogP contribution in [0.5, 0.6) is 5.75 Å². The molecule has 5 nitrogen and oxygen atoms in total.